The fraction of sp³-hybridized carbons (Fsp3) is 0.385. The number of imide groups is 1. The zero-order valence-electron chi connectivity index (χ0n) is 10.1. The summed E-state index contributed by atoms with van der Waals surface area (Å²) in [6.45, 7) is 2.46. The second-order valence-electron chi connectivity index (χ2n) is 4.16. The molecule has 0 saturated carbocycles. The molecule has 4 nitrogen and oxygen atoms in total. The van der Waals surface area contributed by atoms with Crippen LogP contribution in [0.3, 0.4) is 0 Å². The van der Waals surface area contributed by atoms with E-state index in [1.807, 2.05) is 14.0 Å². The molecule has 0 saturated heterocycles. The average molecular weight is 232 g/mol. The van der Waals surface area contributed by atoms with Crippen LogP contribution < -0.4 is 5.32 Å². The van der Waals surface area contributed by atoms with E-state index in [0.717, 1.165) is 6.42 Å². The highest BCUT2D eigenvalue weighted by Gasteiger charge is 2.35. The summed E-state index contributed by atoms with van der Waals surface area (Å²) in [6, 6.07) is 7.12. The molecule has 0 fully saturated rings. The molecule has 1 unspecified atom stereocenters. The lowest BCUT2D eigenvalue weighted by Crippen LogP contribution is -2.41. The van der Waals surface area contributed by atoms with Gasteiger partial charge in [0, 0.05) is 12.6 Å². The molecule has 1 aliphatic heterocycles. The van der Waals surface area contributed by atoms with Gasteiger partial charge < -0.3 is 5.32 Å². The van der Waals surface area contributed by atoms with Gasteiger partial charge in [-0.15, -0.1) is 0 Å². The summed E-state index contributed by atoms with van der Waals surface area (Å²) in [5, 5.41) is 3.10. The lowest BCUT2D eigenvalue weighted by Gasteiger charge is -2.20. The minimum atomic E-state index is -0.181. The highest BCUT2D eigenvalue weighted by Crippen LogP contribution is 2.22. The summed E-state index contributed by atoms with van der Waals surface area (Å²) >= 11 is 0. The molecule has 4 heteroatoms. The topological polar surface area (TPSA) is 49.4 Å². The first kappa shape index (κ1) is 11.8. The maximum Gasteiger partial charge on any atom is 0.261 e. The van der Waals surface area contributed by atoms with Crippen molar-refractivity contribution in [3.8, 4) is 0 Å². The van der Waals surface area contributed by atoms with Crippen molar-refractivity contribution in [3.05, 3.63) is 35.4 Å². The van der Waals surface area contributed by atoms with E-state index in [1.165, 1.54) is 4.90 Å². The SMILES string of the molecule is CCC(CN1C(=O)c2ccccc2C1=O)NC. The van der Waals surface area contributed by atoms with E-state index in [0.29, 0.717) is 17.7 Å². The molecule has 1 aromatic carbocycles. The molecule has 1 aromatic rings. The predicted octanol–water partition coefficient (Wildman–Crippen LogP) is 1.28. The van der Waals surface area contributed by atoms with Gasteiger partial charge in [0.25, 0.3) is 11.8 Å². The van der Waals surface area contributed by atoms with E-state index in [-0.39, 0.29) is 17.9 Å². The normalized spacial score (nSPS) is 16.2. The van der Waals surface area contributed by atoms with Crippen molar-refractivity contribution < 1.29 is 9.59 Å². The Morgan fingerprint density at radius 1 is 1.18 bits per heavy atom. The predicted molar refractivity (Wildman–Crippen MR) is 64.9 cm³/mol. The van der Waals surface area contributed by atoms with Gasteiger partial charge in [0.2, 0.25) is 0 Å². The summed E-state index contributed by atoms with van der Waals surface area (Å²) < 4.78 is 0. The molecule has 0 bridgehead atoms. The van der Waals surface area contributed by atoms with Crippen LogP contribution in [0.5, 0.6) is 0 Å². The highest BCUT2D eigenvalue weighted by molar-refractivity contribution is 6.21. The Kier molecular flexibility index (Phi) is 3.24. The van der Waals surface area contributed by atoms with E-state index >= 15 is 0 Å². The van der Waals surface area contributed by atoms with Crippen LogP contribution in [0.25, 0.3) is 0 Å². The minimum absolute atomic E-state index is 0.150. The minimum Gasteiger partial charge on any atom is -0.315 e. The Labute approximate surface area is 101 Å². The monoisotopic (exact) mass is 232 g/mol. The van der Waals surface area contributed by atoms with Crippen molar-refractivity contribution >= 4 is 11.8 Å². The average Bonchev–Trinajstić information content (AvgIpc) is 2.61. The van der Waals surface area contributed by atoms with Crippen molar-refractivity contribution in [2.75, 3.05) is 13.6 Å². The fourth-order valence-corrected chi connectivity index (χ4v) is 2.05. The van der Waals surface area contributed by atoms with Gasteiger partial charge in [0.1, 0.15) is 0 Å². The molecule has 17 heavy (non-hydrogen) atoms. The number of amides is 2. The van der Waals surface area contributed by atoms with Crippen LogP contribution in [0.15, 0.2) is 24.3 Å². The number of hydrogen-bond donors (Lipinski definition) is 1. The Morgan fingerprint density at radius 2 is 1.71 bits per heavy atom. The van der Waals surface area contributed by atoms with E-state index in [9.17, 15) is 9.59 Å². The number of benzene rings is 1. The van der Waals surface area contributed by atoms with Crippen LogP contribution in [-0.2, 0) is 0 Å². The van der Waals surface area contributed by atoms with Crippen LogP contribution >= 0.6 is 0 Å². The first-order valence-corrected chi connectivity index (χ1v) is 5.81. The first-order valence-electron chi connectivity index (χ1n) is 5.81. The van der Waals surface area contributed by atoms with Crippen LogP contribution in [0.4, 0.5) is 0 Å². The molecular weight excluding hydrogens is 216 g/mol. The van der Waals surface area contributed by atoms with Gasteiger partial charge in [-0.25, -0.2) is 0 Å². The molecule has 0 radical (unpaired) electrons. The number of nitrogens with one attached hydrogen (secondary N) is 1. The zero-order chi connectivity index (χ0) is 12.4. The number of likely N-dealkylation sites (N-methyl/N-ethyl adjacent to an activating group) is 1. The van der Waals surface area contributed by atoms with Crippen LogP contribution in [0.2, 0.25) is 0 Å². The summed E-state index contributed by atoms with van der Waals surface area (Å²) in [5.41, 5.74) is 1.03. The summed E-state index contributed by atoms with van der Waals surface area (Å²) in [6.07, 6.45) is 0.879. The second-order valence-corrected chi connectivity index (χ2v) is 4.16. The van der Waals surface area contributed by atoms with Crippen molar-refractivity contribution in [1.29, 1.82) is 0 Å². The summed E-state index contributed by atoms with van der Waals surface area (Å²) in [5.74, 6) is -0.362. The van der Waals surface area contributed by atoms with E-state index < -0.39 is 0 Å². The van der Waals surface area contributed by atoms with Gasteiger partial charge in [0.15, 0.2) is 0 Å². The van der Waals surface area contributed by atoms with Gasteiger partial charge in [-0.2, -0.15) is 0 Å². The standard InChI is InChI=1S/C13H16N2O2/c1-3-9(14-2)8-15-12(16)10-6-4-5-7-11(10)13(15)17/h4-7,9,14H,3,8H2,1-2H3. The molecule has 1 N–H and O–H groups in total. The molecule has 0 spiro atoms. The molecule has 90 valence electrons. The highest BCUT2D eigenvalue weighted by atomic mass is 16.2. The van der Waals surface area contributed by atoms with Crippen molar-refractivity contribution in [1.82, 2.24) is 10.2 Å². The van der Waals surface area contributed by atoms with Crippen molar-refractivity contribution in [3.63, 3.8) is 0 Å². The molecule has 0 aliphatic carbocycles. The smallest absolute Gasteiger partial charge is 0.261 e. The van der Waals surface area contributed by atoms with Crippen LogP contribution in [0, 0.1) is 0 Å². The Bertz CT molecular complexity index is 417. The first-order chi connectivity index (χ1) is 8.19. The van der Waals surface area contributed by atoms with Gasteiger partial charge >= 0.3 is 0 Å². The fourth-order valence-electron chi connectivity index (χ4n) is 2.05. The number of carbonyl (C=O) groups excluding carboxylic acids is 2. The number of rotatable bonds is 4. The molecular formula is C13H16N2O2. The summed E-state index contributed by atoms with van der Waals surface area (Å²) in [4.78, 5) is 25.4. The lowest BCUT2D eigenvalue weighted by atomic mass is 10.1. The van der Waals surface area contributed by atoms with E-state index in [1.54, 1.807) is 24.3 Å². The van der Waals surface area contributed by atoms with Crippen molar-refractivity contribution in [2.24, 2.45) is 0 Å². The molecule has 1 heterocycles. The Balaban J connectivity index is 2.24. The van der Waals surface area contributed by atoms with E-state index in [4.69, 9.17) is 0 Å². The molecule has 1 atom stereocenters. The number of fused-ring (bicyclic) bond motifs is 1. The molecule has 1 aliphatic rings. The maximum absolute atomic E-state index is 12.1. The van der Waals surface area contributed by atoms with Gasteiger partial charge in [-0.1, -0.05) is 19.1 Å². The number of nitrogens with zero attached hydrogens (tertiary/aromatic N) is 1. The Morgan fingerprint density at radius 3 is 2.12 bits per heavy atom. The number of hydrogen-bond acceptors (Lipinski definition) is 3. The second kappa shape index (κ2) is 4.67. The van der Waals surface area contributed by atoms with Crippen LogP contribution in [0.1, 0.15) is 34.1 Å². The maximum atomic E-state index is 12.1. The zero-order valence-corrected chi connectivity index (χ0v) is 10.1. The third kappa shape index (κ3) is 1.96. The van der Waals surface area contributed by atoms with Gasteiger partial charge in [-0.05, 0) is 25.6 Å². The third-order valence-electron chi connectivity index (χ3n) is 3.18. The quantitative estimate of drug-likeness (QED) is 0.796. The Hall–Kier alpha value is -1.68. The summed E-state index contributed by atoms with van der Waals surface area (Å²) in [7, 11) is 1.84. The van der Waals surface area contributed by atoms with Crippen molar-refractivity contribution in [2.45, 2.75) is 19.4 Å². The lowest BCUT2D eigenvalue weighted by molar-refractivity contribution is 0.0639. The molecule has 0 aromatic heterocycles. The van der Waals surface area contributed by atoms with Gasteiger partial charge in [-0.3, -0.25) is 14.5 Å². The van der Waals surface area contributed by atoms with Gasteiger partial charge in [0.05, 0.1) is 11.1 Å². The molecule has 2 amide bonds. The number of carbonyl (C=O) groups is 2. The van der Waals surface area contributed by atoms with Crippen LogP contribution in [-0.4, -0.2) is 36.3 Å². The largest absolute Gasteiger partial charge is 0.315 e. The van der Waals surface area contributed by atoms with E-state index in [2.05, 4.69) is 5.32 Å². The third-order valence-corrected chi connectivity index (χ3v) is 3.18. The molecule has 2 rings (SSSR count).